The summed E-state index contributed by atoms with van der Waals surface area (Å²) >= 11 is 3.32. The smallest absolute Gasteiger partial charge is 0.119 e. The lowest BCUT2D eigenvalue weighted by molar-refractivity contribution is 0.414. The molecule has 0 aliphatic rings. The molecule has 2 N–H and O–H groups in total. The van der Waals surface area contributed by atoms with Crippen molar-refractivity contribution in [3.63, 3.8) is 0 Å². The molecular weight excluding hydrogens is 1020 g/mol. The highest BCUT2D eigenvalue weighted by atomic mass is 79.9. The molecule has 0 spiro atoms. The Labute approximate surface area is 468 Å². The summed E-state index contributed by atoms with van der Waals surface area (Å²) in [5, 5.41) is 6.82. The van der Waals surface area contributed by atoms with Crippen LogP contribution in [-0.2, 0) is 0 Å². The first kappa shape index (κ1) is 54.8. The standard InChI is InChI=1S/C38H32N2O2.C24H20N2.C7H7BrO.CH4/c1-41-37-25-21-35(22-26-37)39(31-9-5-3-6-10-31)33-17-13-29(14-18-33)30-15-19-34(20-16-30)40(32-11-7-4-8-12-32)36-23-27-38(42-2)28-24-36;1-3-7-21(8-4-1)25-23-15-11-19(12-16-23)20-13-17-24(18-14-20)26-22-9-5-2-6-10-22;1-9-7-4-2-6(8)3-5-7;/h3-28H,1-2H3;1-18,25-26H;2-5H,1H3;1H4. The fourth-order valence-electron chi connectivity index (χ4n) is 8.56. The van der Waals surface area contributed by atoms with Crippen LogP contribution in [0, 0.1) is 0 Å². The minimum atomic E-state index is 0. The van der Waals surface area contributed by atoms with Gasteiger partial charge in [0.25, 0.3) is 0 Å². The Morgan fingerprint density at radius 2 is 0.474 bits per heavy atom. The van der Waals surface area contributed by atoms with Crippen molar-refractivity contribution in [1.82, 2.24) is 0 Å². The van der Waals surface area contributed by atoms with Gasteiger partial charge in [0.1, 0.15) is 17.2 Å². The number of hydrogen-bond acceptors (Lipinski definition) is 7. The maximum absolute atomic E-state index is 5.38. The first-order chi connectivity index (χ1) is 37.9. The SMILES string of the molecule is C.COc1ccc(Br)cc1.COc1ccc(N(c2ccccc2)c2ccc(-c3ccc(N(c4ccccc4)c4ccc(OC)cc4)cc3)cc2)cc1.c1ccc(Nc2ccc(-c3ccc(Nc4ccccc4)cc3)cc2)cc1. The monoisotopic (exact) mass is 1090 g/mol. The quantitative estimate of drug-likeness (QED) is 0.106. The van der Waals surface area contributed by atoms with Gasteiger partial charge in [-0.25, -0.2) is 0 Å². The highest BCUT2D eigenvalue weighted by Crippen LogP contribution is 2.39. The molecule has 0 saturated heterocycles. The zero-order valence-electron chi connectivity index (χ0n) is 43.2. The maximum Gasteiger partial charge on any atom is 0.119 e. The molecule has 0 atom stereocenters. The van der Waals surface area contributed by atoms with Gasteiger partial charge in [-0.3, -0.25) is 0 Å². The van der Waals surface area contributed by atoms with Gasteiger partial charge in [0.2, 0.25) is 0 Å². The number of anilines is 10. The molecule has 0 bridgehead atoms. The zero-order chi connectivity index (χ0) is 53.0. The third kappa shape index (κ3) is 14.9. The van der Waals surface area contributed by atoms with Crippen molar-refractivity contribution < 1.29 is 14.2 Å². The van der Waals surface area contributed by atoms with Crippen LogP contribution < -0.4 is 34.6 Å². The van der Waals surface area contributed by atoms with Crippen LogP contribution in [0.2, 0.25) is 0 Å². The van der Waals surface area contributed by atoms with Crippen molar-refractivity contribution in [2.75, 3.05) is 41.8 Å². The normalized spacial score (nSPS) is 10.2. The van der Waals surface area contributed by atoms with Crippen LogP contribution in [0.3, 0.4) is 0 Å². The highest BCUT2D eigenvalue weighted by Gasteiger charge is 2.15. The molecule has 78 heavy (non-hydrogen) atoms. The van der Waals surface area contributed by atoms with E-state index in [1.807, 2.05) is 97.1 Å². The van der Waals surface area contributed by atoms with Gasteiger partial charge in [0.05, 0.1) is 21.3 Å². The number of halogens is 1. The average Bonchev–Trinajstić information content (AvgIpc) is 3.51. The van der Waals surface area contributed by atoms with Gasteiger partial charge in [-0.15, -0.1) is 0 Å². The topological polar surface area (TPSA) is 58.2 Å². The van der Waals surface area contributed by atoms with Crippen molar-refractivity contribution in [2.45, 2.75) is 7.43 Å². The van der Waals surface area contributed by atoms with Crippen molar-refractivity contribution in [2.24, 2.45) is 0 Å². The van der Waals surface area contributed by atoms with Crippen LogP contribution in [-0.4, -0.2) is 21.3 Å². The number of para-hydroxylation sites is 4. The van der Waals surface area contributed by atoms with Crippen LogP contribution in [0.5, 0.6) is 17.2 Å². The van der Waals surface area contributed by atoms with Gasteiger partial charge in [0.15, 0.2) is 0 Å². The summed E-state index contributed by atoms with van der Waals surface area (Å²) in [5.74, 6) is 2.56. The van der Waals surface area contributed by atoms with Crippen molar-refractivity contribution in [3.05, 3.63) is 296 Å². The summed E-state index contributed by atoms with van der Waals surface area (Å²) in [6.45, 7) is 0. The number of ether oxygens (including phenoxy) is 3. The Morgan fingerprint density at radius 3 is 0.756 bits per heavy atom. The van der Waals surface area contributed by atoms with Crippen LogP contribution in [0.1, 0.15) is 7.43 Å². The minimum Gasteiger partial charge on any atom is -0.497 e. The van der Waals surface area contributed by atoms with E-state index in [1.165, 1.54) is 11.1 Å². The molecule has 11 aromatic carbocycles. The number of benzene rings is 11. The summed E-state index contributed by atoms with van der Waals surface area (Å²) in [5.41, 5.74) is 15.6. The molecule has 0 unspecified atom stereocenters. The van der Waals surface area contributed by atoms with Crippen molar-refractivity contribution in [1.29, 1.82) is 0 Å². The van der Waals surface area contributed by atoms with Gasteiger partial charge in [-0.1, -0.05) is 145 Å². The van der Waals surface area contributed by atoms with Crippen molar-refractivity contribution in [3.8, 4) is 39.5 Å². The van der Waals surface area contributed by atoms with Crippen LogP contribution in [0.15, 0.2) is 296 Å². The number of nitrogens with one attached hydrogen (secondary N) is 2. The van der Waals surface area contributed by atoms with Gasteiger partial charge >= 0.3 is 0 Å². The fraction of sp³-hybridized carbons (Fsp3) is 0.0571. The van der Waals surface area contributed by atoms with Crippen LogP contribution in [0.25, 0.3) is 22.3 Å². The van der Waals surface area contributed by atoms with E-state index >= 15 is 0 Å². The molecular formula is C70H63BrN4O3. The second kappa shape index (κ2) is 27.9. The number of methoxy groups -OCH3 is 3. The van der Waals surface area contributed by atoms with E-state index < -0.39 is 0 Å². The molecule has 11 rings (SSSR count). The first-order valence-electron chi connectivity index (χ1n) is 25.3. The van der Waals surface area contributed by atoms with E-state index in [4.69, 9.17) is 14.2 Å². The summed E-state index contributed by atoms with van der Waals surface area (Å²) < 4.78 is 16.8. The van der Waals surface area contributed by atoms with E-state index in [0.29, 0.717) is 0 Å². The Kier molecular flexibility index (Phi) is 19.6. The van der Waals surface area contributed by atoms with E-state index in [-0.39, 0.29) is 7.43 Å². The van der Waals surface area contributed by atoms with Gasteiger partial charge in [-0.05, 0) is 192 Å². The van der Waals surface area contributed by atoms with Crippen LogP contribution in [0.4, 0.5) is 56.9 Å². The van der Waals surface area contributed by atoms with Gasteiger partial charge in [0, 0.05) is 61.3 Å². The summed E-state index contributed by atoms with van der Waals surface area (Å²) in [6.07, 6.45) is 0. The third-order valence-corrected chi connectivity index (χ3v) is 13.1. The van der Waals surface area contributed by atoms with E-state index in [9.17, 15) is 0 Å². The Hall–Kier alpha value is -9.50. The first-order valence-corrected chi connectivity index (χ1v) is 26.1. The Balaban J connectivity index is 0.000000188. The molecule has 11 aromatic rings. The molecule has 0 aliphatic carbocycles. The average molecular weight is 1090 g/mol. The minimum absolute atomic E-state index is 0. The molecule has 388 valence electrons. The molecule has 0 aliphatic heterocycles. The summed E-state index contributed by atoms with van der Waals surface area (Å²) in [6, 6.07) is 99.7. The molecule has 0 saturated carbocycles. The zero-order valence-corrected chi connectivity index (χ0v) is 44.8. The van der Waals surface area contributed by atoms with Gasteiger partial charge in [-0.2, -0.15) is 0 Å². The van der Waals surface area contributed by atoms with E-state index in [1.54, 1.807) is 21.3 Å². The van der Waals surface area contributed by atoms with E-state index in [2.05, 4.69) is 230 Å². The lowest BCUT2D eigenvalue weighted by Gasteiger charge is -2.26. The lowest BCUT2D eigenvalue weighted by Crippen LogP contribution is -2.10. The summed E-state index contributed by atoms with van der Waals surface area (Å²) in [7, 11) is 5.03. The van der Waals surface area contributed by atoms with Crippen molar-refractivity contribution >= 4 is 72.8 Å². The number of rotatable bonds is 15. The van der Waals surface area contributed by atoms with Crippen LogP contribution >= 0.6 is 15.9 Å². The summed E-state index contributed by atoms with van der Waals surface area (Å²) in [4.78, 5) is 4.50. The Bertz CT molecular complexity index is 3250. The highest BCUT2D eigenvalue weighted by molar-refractivity contribution is 9.10. The number of hydrogen-bond donors (Lipinski definition) is 2. The second-order valence-corrected chi connectivity index (χ2v) is 18.5. The van der Waals surface area contributed by atoms with E-state index in [0.717, 1.165) is 89.7 Å². The molecule has 0 fully saturated rings. The molecule has 7 nitrogen and oxygen atoms in total. The molecule has 8 heteroatoms. The molecule has 0 amide bonds. The third-order valence-electron chi connectivity index (χ3n) is 12.6. The largest absolute Gasteiger partial charge is 0.497 e. The maximum atomic E-state index is 5.38. The predicted molar refractivity (Wildman–Crippen MR) is 333 cm³/mol. The lowest BCUT2D eigenvalue weighted by atomic mass is 10.0. The molecule has 0 aromatic heterocycles. The molecule has 0 radical (unpaired) electrons. The number of nitrogens with zero attached hydrogens (tertiary/aromatic N) is 2. The second-order valence-electron chi connectivity index (χ2n) is 17.6. The predicted octanol–water partition coefficient (Wildman–Crippen LogP) is 20.2. The van der Waals surface area contributed by atoms with Gasteiger partial charge < -0.3 is 34.6 Å². The fourth-order valence-corrected chi connectivity index (χ4v) is 8.82. The Morgan fingerprint density at radius 1 is 0.256 bits per heavy atom. The molecule has 0 heterocycles.